The van der Waals surface area contributed by atoms with Crippen LogP contribution in [-0.2, 0) is 10.0 Å². The Morgan fingerprint density at radius 2 is 1.53 bits per heavy atom. The number of benzene rings is 3. The molecule has 0 radical (unpaired) electrons. The van der Waals surface area contributed by atoms with Crippen LogP contribution < -0.4 is 10.2 Å². The number of thiazole rings is 1. The van der Waals surface area contributed by atoms with Crippen LogP contribution in [0.25, 0.3) is 10.2 Å². The summed E-state index contributed by atoms with van der Waals surface area (Å²) in [5.74, 6) is -1.22. The lowest BCUT2D eigenvalue weighted by molar-refractivity contribution is 0.0925. The molecule has 4 aromatic rings. The number of hydrogen-bond acceptors (Lipinski definition) is 7. The molecule has 1 saturated heterocycles. The molecule has 2 aliphatic rings. The molecule has 0 bridgehead atoms. The minimum absolute atomic E-state index is 0.220. The summed E-state index contributed by atoms with van der Waals surface area (Å²) < 4.78 is 28.2. The SMILES string of the molecule is O=C(Nc1nc2ccc(S(=O)(=O)N3CCCCC3)cc2s1)c1ccc(N2C(=O)c3ccccc3C2=O)cc1. The van der Waals surface area contributed by atoms with E-state index in [0.29, 0.717) is 50.8 Å². The van der Waals surface area contributed by atoms with Crippen LogP contribution in [0, 0.1) is 0 Å². The van der Waals surface area contributed by atoms with Crippen LogP contribution in [0.15, 0.2) is 71.6 Å². The Balaban J connectivity index is 1.18. The molecular formula is C27H22N4O5S2. The first-order chi connectivity index (χ1) is 18.3. The van der Waals surface area contributed by atoms with Crippen molar-refractivity contribution in [3.63, 3.8) is 0 Å². The van der Waals surface area contributed by atoms with Gasteiger partial charge in [0.25, 0.3) is 17.7 Å². The molecule has 38 heavy (non-hydrogen) atoms. The Hall–Kier alpha value is -3.93. The second-order valence-corrected chi connectivity index (χ2v) is 12.1. The van der Waals surface area contributed by atoms with Gasteiger partial charge in [0.05, 0.1) is 31.9 Å². The minimum Gasteiger partial charge on any atom is -0.298 e. The normalized spacial score (nSPS) is 16.2. The van der Waals surface area contributed by atoms with Crippen molar-refractivity contribution in [3.8, 4) is 0 Å². The van der Waals surface area contributed by atoms with Crippen LogP contribution in [0.5, 0.6) is 0 Å². The van der Waals surface area contributed by atoms with E-state index in [2.05, 4.69) is 10.3 Å². The zero-order valence-corrected chi connectivity index (χ0v) is 21.7. The molecule has 0 spiro atoms. The molecule has 0 unspecified atom stereocenters. The number of anilines is 2. The van der Waals surface area contributed by atoms with E-state index in [0.717, 1.165) is 24.2 Å². The van der Waals surface area contributed by atoms with Gasteiger partial charge in [-0.15, -0.1) is 0 Å². The predicted molar refractivity (Wildman–Crippen MR) is 144 cm³/mol. The van der Waals surface area contributed by atoms with Gasteiger partial charge in [0.15, 0.2) is 5.13 Å². The highest BCUT2D eigenvalue weighted by Gasteiger charge is 2.36. The van der Waals surface area contributed by atoms with Gasteiger partial charge in [-0.1, -0.05) is 29.9 Å². The average Bonchev–Trinajstić information content (AvgIpc) is 3.46. The van der Waals surface area contributed by atoms with E-state index >= 15 is 0 Å². The third-order valence-corrected chi connectivity index (χ3v) is 9.54. The number of piperidine rings is 1. The van der Waals surface area contributed by atoms with Crippen molar-refractivity contribution in [1.29, 1.82) is 0 Å². The van der Waals surface area contributed by atoms with Crippen LogP contribution in [0.2, 0.25) is 0 Å². The summed E-state index contributed by atoms with van der Waals surface area (Å²) in [4.78, 5) is 44.0. The molecule has 1 aromatic heterocycles. The maximum absolute atomic E-state index is 13.0. The van der Waals surface area contributed by atoms with Gasteiger partial charge in [-0.05, 0) is 67.4 Å². The minimum atomic E-state index is -3.57. The predicted octanol–water partition coefficient (Wildman–Crippen LogP) is 4.52. The monoisotopic (exact) mass is 546 g/mol. The van der Waals surface area contributed by atoms with Crippen molar-refractivity contribution < 1.29 is 22.8 Å². The molecule has 3 heterocycles. The second kappa shape index (κ2) is 9.43. The number of sulfonamides is 1. The van der Waals surface area contributed by atoms with Gasteiger partial charge in [-0.2, -0.15) is 4.31 Å². The molecule has 0 atom stereocenters. The summed E-state index contributed by atoms with van der Waals surface area (Å²) in [6.45, 7) is 1.05. The number of fused-ring (bicyclic) bond motifs is 2. The molecule has 1 fully saturated rings. The van der Waals surface area contributed by atoms with Crippen molar-refractivity contribution in [2.45, 2.75) is 24.2 Å². The lowest BCUT2D eigenvalue weighted by Crippen LogP contribution is -2.35. The number of amides is 3. The van der Waals surface area contributed by atoms with E-state index in [9.17, 15) is 22.8 Å². The zero-order valence-electron chi connectivity index (χ0n) is 20.1. The number of aromatic nitrogens is 1. The largest absolute Gasteiger partial charge is 0.298 e. The molecule has 9 nitrogen and oxygen atoms in total. The molecule has 0 saturated carbocycles. The smallest absolute Gasteiger partial charge is 0.266 e. The van der Waals surface area contributed by atoms with Crippen molar-refractivity contribution in [2.24, 2.45) is 0 Å². The van der Waals surface area contributed by atoms with E-state index in [4.69, 9.17) is 0 Å². The maximum Gasteiger partial charge on any atom is 0.266 e. The quantitative estimate of drug-likeness (QED) is 0.368. The lowest BCUT2D eigenvalue weighted by atomic mass is 10.1. The van der Waals surface area contributed by atoms with Crippen LogP contribution in [0.1, 0.15) is 50.3 Å². The Morgan fingerprint density at radius 1 is 0.868 bits per heavy atom. The second-order valence-electron chi connectivity index (χ2n) is 9.11. The average molecular weight is 547 g/mol. The fraction of sp³-hybridized carbons (Fsp3) is 0.185. The fourth-order valence-corrected chi connectivity index (χ4v) is 7.25. The standard InChI is InChI=1S/C27H22N4O5S2/c32-24(17-8-10-18(11-9-17)31-25(33)20-6-2-3-7-21(20)26(31)34)29-27-28-22-13-12-19(16-23(22)37-27)38(35,36)30-14-4-1-5-15-30/h2-3,6-13,16H,1,4-5,14-15H2,(H,28,29,32). The Kier molecular flexibility index (Phi) is 6.05. The van der Waals surface area contributed by atoms with Crippen LogP contribution in [-0.4, -0.2) is 48.5 Å². The number of rotatable bonds is 5. The molecule has 0 aliphatic carbocycles. The molecule has 3 amide bonds. The highest BCUT2D eigenvalue weighted by Crippen LogP contribution is 2.31. The summed E-state index contributed by atoms with van der Waals surface area (Å²) in [7, 11) is -3.57. The number of imide groups is 1. The van der Waals surface area contributed by atoms with E-state index in [1.807, 2.05) is 0 Å². The van der Waals surface area contributed by atoms with Crippen LogP contribution in [0.3, 0.4) is 0 Å². The van der Waals surface area contributed by atoms with Crippen molar-refractivity contribution in [3.05, 3.63) is 83.4 Å². The number of carbonyl (C=O) groups excluding carboxylic acids is 3. The van der Waals surface area contributed by atoms with Gasteiger partial charge in [0.2, 0.25) is 10.0 Å². The van der Waals surface area contributed by atoms with Crippen LogP contribution in [0.4, 0.5) is 10.8 Å². The third kappa shape index (κ3) is 4.18. The van der Waals surface area contributed by atoms with E-state index in [1.54, 1.807) is 54.6 Å². The maximum atomic E-state index is 13.0. The zero-order chi connectivity index (χ0) is 26.4. The first-order valence-corrected chi connectivity index (χ1v) is 14.4. The Bertz CT molecular complexity index is 1670. The molecule has 2 aliphatic heterocycles. The van der Waals surface area contributed by atoms with Gasteiger partial charge >= 0.3 is 0 Å². The van der Waals surface area contributed by atoms with Gasteiger partial charge in [-0.3, -0.25) is 19.7 Å². The van der Waals surface area contributed by atoms with E-state index < -0.39 is 27.7 Å². The number of nitrogens with one attached hydrogen (secondary N) is 1. The summed E-state index contributed by atoms with van der Waals surface area (Å²) in [6, 6.07) is 17.6. The van der Waals surface area contributed by atoms with Crippen molar-refractivity contribution in [1.82, 2.24) is 9.29 Å². The summed E-state index contributed by atoms with van der Waals surface area (Å²) in [5, 5.41) is 3.09. The topological polar surface area (TPSA) is 117 Å². The van der Waals surface area contributed by atoms with E-state index in [-0.39, 0.29) is 4.90 Å². The van der Waals surface area contributed by atoms with Gasteiger partial charge < -0.3 is 0 Å². The highest BCUT2D eigenvalue weighted by atomic mass is 32.2. The Morgan fingerprint density at radius 3 is 2.18 bits per heavy atom. The summed E-state index contributed by atoms with van der Waals surface area (Å²) in [5.41, 5.74) is 1.97. The molecule has 192 valence electrons. The first-order valence-electron chi connectivity index (χ1n) is 12.1. The van der Waals surface area contributed by atoms with Crippen LogP contribution >= 0.6 is 11.3 Å². The summed E-state index contributed by atoms with van der Waals surface area (Å²) in [6.07, 6.45) is 2.75. The van der Waals surface area contributed by atoms with E-state index in [1.165, 1.54) is 27.8 Å². The molecule has 6 rings (SSSR count). The summed E-state index contributed by atoms with van der Waals surface area (Å²) >= 11 is 1.19. The molecular weight excluding hydrogens is 524 g/mol. The molecule has 1 N–H and O–H groups in total. The van der Waals surface area contributed by atoms with Crippen molar-refractivity contribution >= 4 is 60.1 Å². The van der Waals surface area contributed by atoms with Gasteiger partial charge in [-0.25, -0.2) is 18.3 Å². The highest BCUT2D eigenvalue weighted by molar-refractivity contribution is 7.89. The number of hydrogen-bond donors (Lipinski definition) is 1. The number of carbonyl (C=O) groups is 3. The molecule has 11 heteroatoms. The lowest BCUT2D eigenvalue weighted by Gasteiger charge is -2.25. The fourth-order valence-electron chi connectivity index (χ4n) is 4.73. The third-order valence-electron chi connectivity index (χ3n) is 6.71. The Labute approximate surface area is 222 Å². The molecule has 3 aromatic carbocycles. The van der Waals surface area contributed by atoms with Gasteiger partial charge in [0.1, 0.15) is 0 Å². The van der Waals surface area contributed by atoms with Gasteiger partial charge in [0, 0.05) is 18.7 Å². The number of nitrogens with zero attached hydrogens (tertiary/aromatic N) is 3. The first kappa shape index (κ1) is 24.4. The van der Waals surface area contributed by atoms with Crippen molar-refractivity contribution in [2.75, 3.05) is 23.3 Å².